The number of halogens is 4. The minimum atomic E-state index is 0.200. The predicted octanol–water partition coefficient (Wildman–Crippen LogP) is 8.28. The molecule has 4 rings (SSSR count). The van der Waals surface area contributed by atoms with Crippen molar-refractivity contribution in [1.29, 1.82) is 0 Å². The molecule has 3 aromatic carbocycles. The molecule has 0 unspecified atom stereocenters. The highest BCUT2D eigenvalue weighted by Crippen LogP contribution is 2.34. The van der Waals surface area contributed by atoms with E-state index in [1.54, 1.807) is 0 Å². The van der Waals surface area contributed by atoms with Crippen LogP contribution in [0.3, 0.4) is 0 Å². The fourth-order valence-corrected chi connectivity index (χ4v) is 6.84. The summed E-state index contributed by atoms with van der Waals surface area (Å²) >= 11 is 24.3. The molecule has 1 heterocycles. The van der Waals surface area contributed by atoms with Gasteiger partial charge in [0.25, 0.3) is 0 Å². The molecule has 0 aliphatic carbocycles. The topological polar surface area (TPSA) is 13.0 Å². The van der Waals surface area contributed by atoms with Crippen LogP contribution in [0.25, 0.3) is 0 Å². The van der Waals surface area contributed by atoms with Gasteiger partial charge in [0.2, 0.25) is 0 Å². The Morgan fingerprint density at radius 1 is 0.619 bits per heavy atom. The van der Waals surface area contributed by atoms with Crippen LogP contribution in [0.4, 0.5) is 11.4 Å². The number of hydrogen-bond acceptors (Lipinski definition) is 4. The van der Waals surface area contributed by atoms with Gasteiger partial charge >= 0.3 is 0 Å². The van der Waals surface area contributed by atoms with Crippen molar-refractivity contribution in [3.8, 4) is 0 Å². The van der Waals surface area contributed by atoms with Gasteiger partial charge in [0.05, 0.1) is 6.17 Å². The van der Waals surface area contributed by atoms with Crippen molar-refractivity contribution >= 4 is 57.8 Å². The van der Waals surface area contributed by atoms with Gasteiger partial charge in [-0.05, 0) is 72.4 Å². The summed E-state index contributed by atoms with van der Waals surface area (Å²) in [5.41, 5.74) is 9.03. The summed E-state index contributed by atoms with van der Waals surface area (Å²) in [5, 5.41) is 0. The molecule has 3 aromatic rings. The maximum atomic E-state index is 6.08. The van der Waals surface area contributed by atoms with E-state index >= 15 is 0 Å². The molecule has 0 N–H and O–H groups in total. The van der Waals surface area contributed by atoms with E-state index in [2.05, 4.69) is 100 Å². The third-order valence-electron chi connectivity index (χ3n) is 8.23. The third-order valence-corrected chi connectivity index (χ3v) is 8.90. The van der Waals surface area contributed by atoms with E-state index in [-0.39, 0.29) is 6.17 Å². The van der Waals surface area contributed by atoms with Gasteiger partial charge < -0.3 is 9.80 Å². The van der Waals surface area contributed by atoms with Crippen LogP contribution >= 0.6 is 46.4 Å². The van der Waals surface area contributed by atoms with Crippen LogP contribution in [-0.4, -0.2) is 72.6 Å². The second kappa shape index (κ2) is 17.0. The van der Waals surface area contributed by atoms with Gasteiger partial charge in [-0.2, -0.15) is 0 Å². The molecule has 42 heavy (non-hydrogen) atoms. The average Bonchev–Trinajstić information content (AvgIpc) is 2.99. The summed E-state index contributed by atoms with van der Waals surface area (Å²) in [5.74, 6) is 2.34. The van der Waals surface area contributed by atoms with Gasteiger partial charge in [0.15, 0.2) is 0 Å². The number of aryl methyl sites for hydroxylation is 2. The Morgan fingerprint density at radius 2 is 1.05 bits per heavy atom. The highest BCUT2D eigenvalue weighted by atomic mass is 35.5. The SMILES string of the molecule is Cc1cc(N(CCCl)CCCl)ccc1CN1CCCN(Cc2ccc(N(CCCl)CCCl)cc2C)C1c1ccccc1. The van der Waals surface area contributed by atoms with E-state index < -0.39 is 0 Å². The first-order valence-electron chi connectivity index (χ1n) is 14.9. The molecule has 1 saturated heterocycles. The molecular formula is C34H44Cl4N4. The second-order valence-corrected chi connectivity index (χ2v) is 12.5. The lowest BCUT2D eigenvalue weighted by atomic mass is 10.0. The summed E-state index contributed by atoms with van der Waals surface area (Å²) in [6.07, 6.45) is 1.34. The molecule has 0 bridgehead atoms. The summed E-state index contributed by atoms with van der Waals surface area (Å²) in [4.78, 5) is 9.82. The highest BCUT2D eigenvalue weighted by molar-refractivity contribution is 6.19. The Kier molecular flexibility index (Phi) is 13.4. The van der Waals surface area contributed by atoms with Crippen LogP contribution < -0.4 is 9.80 Å². The lowest BCUT2D eigenvalue weighted by molar-refractivity contribution is -0.00928. The Morgan fingerprint density at radius 3 is 1.43 bits per heavy atom. The zero-order chi connectivity index (χ0) is 29.9. The van der Waals surface area contributed by atoms with Crippen molar-refractivity contribution in [1.82, 2.24) is 9.80 Å². The highest BCUT2D eigenvalue weighted by Gasteiger charge is 2.31. The molecule has 0 amide bonds. The molecule has 228 valence electrons. The van der Waals surface area contributed by atoms with Gasteiger partial charge in [-0.1, -0.05) is 42.5 Å². The Labute approximate surface area is 273 Å². The molecule has 4 nitrogen and oxygen atoms in total. The van der Waals surface area contributed by atoms with Crippen molar-refractivity contribution < 1.29 is 0 Å². The fraction of sp³-hybridized carbons (Fsp3) is 0.471. The normalized spacial score (nSPS) is 14.8. The van der Waals surface area contributed by atoms with E-state index in [0.717, 1.165) is 58.8 Å². The molecule has 0 aromatic heterocycles. The molecule has 0 atom stereocenters. The third kappa shape index (κ3) is 8.71. The van der Waals surface area contributed by atoms with Gasteiger partial charge in [0.1, 0.15) is 0 Å². The fourth-order valence-electron chi connectivity index (χ4n) is 6.02. The largest absolute Gasteiger partial charge is 0.369 e. The van der Waals surface area contributed by atoms with E-state index in [1.165, 1.54) is 39.2 Å². The van der Waals surface area contributed by atoms with Crippen LogP contribution in [0.5, 0.6) is 0 Å². The quantitative estimate of drug-likeness (QED) is 0.154. The molecular weight excluding hydrogens is 606 g/mol. The van der Waals surface area contributed by atoms with Crippen molar-refractivity contribution in [3.05, 3.63) is 94.5 Å². The first kappa shape index (κ1) is 33.2. The maximum absolute atomic E-state index is 6.08. The van der Waals surface area contributed by atoms with Crippen molar-refractivity contribution in [3.63, 3.8) is 0 Å². The van der Waals surface area contributed by atoms with Gasteiger partial charge in [0, 0.05) is 87.3 Å². The van der Waals surface area contributed by atoms with Crippen LogP contribution in [-0.2, 0) is 13.1 Å². The van der Waals surface area contributed by atoms with E-state index in [9.17, 15) is 0 Å². The van der Waals surface area contributed by atoms with Crippen LogP contribution in [0.15, 0.2) is 66.7 Å². The number of benzene rings is 3. The number of alkyl halides is 4. The van der Waals surface area contributed by atoms with Gasteiger partial charge in [-0.25, -0.2) is 0 Å². The molecule has 1 fully saturated rings. The summed E-state index contributed by atoms with van der Waals surface area (Å²) in [7, 11) is 0. The smallest absolute Gasteiger partial charge is 0.0892 e. The van der Waals surface area contributed by atoms with E-state index in [1.807, 2.05) is 0 Å². The monoisotopic (exact) mass is 648 g/mol. The predicted molar refractivity (Wildman–Crippen MR) is 184 cm³/mol. The maximum Gasteiger partial charge on any atom is 0.0892 e. The molecule has 8 heteroatoms. The lowest BCUT2D eigenvalue weighted by Crippen LogP contribution is -2.47. The summed E-state index contributed by atoms with van der Waals surface area (Å²) < 4.78 is 0. The van der Waals surface area contributed by atoms with Crippen molar-refractivity contribution in [2.24, 2.45) is 0 Å². The Hall–Kier alpha value is -1.66. The number of hydrogen-bond donors (Lipinski definition) is 0. The summed E-state index contributed by atoms with van der Waals surface area (Å²) in [6.45, 7) is 11.5. The van der Waals surface area contributed by atoms with Crippen molar-refractivity contribution in [2.75, 3.05) is 72.6 Å². The minimum absolute atomic E-state index is 0.200. The van der Waals surface area contributed by atoms with Gasteiger partial charge in [-0.15, -0.1) is 46.4 Å². The molecule has 1 aliphatic heterocycles. The van der Waals surface area contributed by atoms with Crippen molar-refractivity contribution in [2.45, 2.75) is 39.5 Å². The van der Waals surface area contributed by atoms with Crippen LogP contribution in [0, 0.1) is 13.8 Å². The zero-order valence-corrected chi connectivity index (χ0v) is 27.9. The first-order chi connectivity index (χ1) is 20.5. The van der Waals surface area contributed by atoms with E-state index in [0.29, 0.717) is 23.5 Å². The zero-order valence-electron chi connectivity index (χ0n) is 24.9. The molecule has 0 saturated carbocycles. The minimum Gasteiger partial charge on any atom is -0.369 e. The average molecular weight is 651 g/mol. The number of anilines is 2. The number of rotatable bonds is 15. The standard InChI is InChI=1S/C34H44Cl4N4/c1-27-23-32(39(19-13-35)20-14-36)11-9-30(27)25-41-17-6-18-42(34(41)29-7-4-3-5-8-29)26-31-10-12-33(24-28(31)2)40(21-15-37)22-16-38/h3-5,7-12,23-24,34H,6,13-22,25-26H2,1-2H3. The first-order valence-corrected chi connectivity index (χ1v) is 17.1. The summed E-state index contributed by atoms with van der Waals surface area (Å²) in [6, 6.07) is 24.6. The Bertz CT molecular complexity index is 1150. The van der Waals surface area contributed by atoms with E-state index in [4.69, 9.17) is 46.4 Å². The second-order valence-electron chi connectivity index (χ2n) is 11.0. The van der Waals surface area contributed by atoms with Crippen LogP contribution in [0.2, 0.25) is 0 Å². The molecule has 1 aliphatic rings. The molecule has 0 radical (unpaired) electrons. The lowest BCUT2D eigenvalue weighted by Gasteiger charge is -2.45. The number of nitrogens with zero attached hydrogens (tertiary/aromatic N) is 4. The van der Waals surface area contributed by atoms with Gasteiger partial charge in [-0.3, -0.25) is 9.80 Å². The Balaban J connectivity index is 1.57. The molecule has 0 spiro atoms. The van der Waals surface area contributed by atoms with Crippen LogP contribution in [0.1, 0.15) is 40.4 Å².